The first-order chi connectivity index (χ1) is 10.2. The quantitative estimate of drug-likeness (QED) is 0.926. The maximum atomic E-state index is 6.40. The Morgan fingerprint density at radius 2 is 1.86 bits per heavy atom. The number of nitrogens with zero attached hydrogens (tertiary/aromatic N) is 1. The zero-order valence-corrected chi connectivity index (χ0v) is 12.9. The Morgan fingerprint density at radius 1 is 1.14 bits per heavy atom. The molecule has 0 radical (unpaired) electrons. The third-order valence-corrected chi connectivity index (χ3v) is 4.68. The van der Waals surface area contributed by atoms with Gasteiger partial charge in [-0.1, -0.05) is 25.3 Å². The molecule has 1 aliphatic heterocycles. The molecule has 0 bridgehead atoms. The first kappa shape index (κ1) is 14.7. The van der Waals surface area contributed by atoms with Crippen LogP contribution in [0.5, 0.6) is 11.5 Å². The molecule has 1 saturated carbocycles. The normalized spacial score (nSPS) is 20.5. The van der Waals surface area contributed by atoms with Gasteiger partial charge in [-0.15, -0.1) is 0 Å². The summed E-state index contributed by atoms with van der Waals surface area (Å²) >= 11 is 0. The molecule has 0 saturated heterocycles. The molecule has 0 spiro atoms. The molecular weight excluding hydrogens is 264 g/mol. The van der Waals surface area contributed by atoms with Crippen LogP contribution in [0.2, 0.25) is 0 Å². The third-order valence-electron chi connectivity index (χ3n) is 4.68. The predicted octanol–water partition coefficient (Wildman–Crippen LogP) is 2.72. The Kier molecular flexibility index (Phi) is 4.66. The molecule has 1 aromatic rings. The van der Waals surface area contributed by atoms with Crippen molar-refractivity contribution in [2.45, 2.75) is 44.2 Å². The highest BCUT2D eigenvalue weighted by atomic mass is 16.6. The number of rotatable bonds is 4. The molecule has 2 aliphatic rings. The van der Waals surface area contributed by atoms with E-state index >= 15 is 0 Å². The Hall–Kier alpha value is -1.26. The number of nitrogens with two attached hydrogens (primary N) is 1. The first-order valence-corrected chi connectivity index (χ1v) is 8.09. The van der Waals surface area contributed by atoms with Gasteiger partial charge < -0.3 is 20.1 Å². The molecule has 1 aliphatic carbocycles. The lowest BCUT2D eigenvalue weighted by Gasteiger charge is -2.33. The van der Waals surface area contributed by atoms with Crippen molar-refractivity contribution in [3.8, 4) is 11.5 Å². The van der Waals surface area contributed by atoms with Gasteiger partial charge in [-0.05, 0) is 37.6 Å². The summed E-state index contributed by atoms with van der Waals surface area (Å²) in [6.07, 6.45) is 6.72. The lowest BCUT2D eigenvalue weighted by atomic mass is 9.94. The Labute approximate surface area is 127 Å². The molecule has 2 N–H and O–H groups in total. The fourth-order valence-corrected chi connectivity index (χ4v) is 3.38. The van der Waals surface area contributed by atoms with E-state index in [1.807, 2.05) is 12.1 Å². The molecule has 21 heavy (non-hydrogen) atoms. The average Bonchev–Trinajstić information content (AvgIpc) is 2.55. The molecule has 4 nitrogen and oxygen atoms in total. The van der Waals surface area contributed by atoms with E-state index in [1.54, 1.807) is 0 Å². The monoisotopic (exact) mass is 290 g/mol. The van der Waals surface area contributed by atoms with Crippen LogP contribution in [0.15, 0.2) is 18.2 Å². The summed E-state index contributed by atoms with van der Waals surface area (Å²) in [6, 6.07) is 6.79. The van der Waals surface area contributed by atoms with Gasteiger partial charge in [0.05, 0.1) is 0 Å². The highest BCUT2D eigenvalue weighted by molar-refractivity contribution is 5.44. The van der Waals surface area contributed by atoms with Crippen molar-refractivity contribution in [1.29, 1.82) is 0 Å². The number of hydrogen-bond donors (Lipinski definition) is 1. The van der Waals surface area contributed by atoms with Gasteiger partial charge in [0.25, 0.3) is 0 Å². The van der Waals surface area contributed by atoms with Gasteiger partial charge in [-0.2, -0.15) is 0 Å². The zero-order valence-electron chi connectivity index (χ0n) is 12.9. The molecule has 3 rings (SSSR count). The second-order valence-corrected chi connectivity index (χ2v) is 6.24. The third kappa shape index (κ3) is 3.50. The topological polar surface area (TPSA) is 47.7 Å². The molecule has 0 amide bonds. The van der Waals surface area contributed by atoms with Crippen LogP contribution in [0.1, 0.15) is 43.7 Å². The smallest absolute Gasteiger partial charge is 0.161 e. The maximum absolute atomic E-state index is 6.40. The largest absolute Gasteiger partial charge is 0.486 e. The van der Waals surface area contributed by atoms with E-state index in [2.05, 4.69) is 18.0 Å². The van der Waals surface area contributed by atoms with E-state index < -0.39 is 0 Å². The molecule has 4 heteroatoms. The van der Waals surface area contributed by atoms with Gasteiger partial charge >= 0.3 is 0 Å². The van der Waals surface area contributed by atoms with Crippen molar-refractivity contribution in [3.05, 3.63) is 23.8 Å². The summed E-state index contributed by atoms with van der Waals surface area (Å²) in [5.41, 5.74) is 7.52. The second kappa shape index (κ2) is 6.67. The SMILES string of the molecule is CN(CC(N)c1ccc2c(c1)OCCO2)C1CCCCC1. The van der Waals surface area contributed by atoms with E-state index in [1.165, 1.54) is 32.1 Å². The van der Waals surface area contributed by atoms with Gasteiger partial charge in [0, 0.05) is 18.6 Å². The van der Waals surface area contributed by atoms with Crippen molar-refractivity contribution in [2.24, 2.45) is 5.73 Å². The van der Waals surface area contributed by atoms with Gasteiger partial charge in [-0.3, -0.25) is 0 Å². The van der Waals surface area contributed by atoms with Crippen molar-refractivity contribution in [3.63, 3.8) is 0 Å². The fraction of sp³-hybridized carbons (Fsp3) is 0.647. The Balaban J connectivity index is 1.63. The number of likely N-dealkylation sites (N-methyl/N-ethyl adjacent to an activating group) is 1. The standard InChI is InChI=1S/C17H26N2O2/c1-19(14-5-3-2-4-6-14)12-15(18)13-7-8-16-17(11-13)21-10-9-20-16/h7-8,11,14-15H,2-6,9-10,12,18H2,1H3. The minimum atomic E-state index is 0.0211. The van der Waals surface area contributed by atoms with E-state index in [4.69, 9.17) is 15.2 Å². The summed E-state index contributed by atoms with van der Waals surface area (Å²) in [5.74, 6) is 1.66. The highest BCUT2D eigenvalue weighted by Crippen LogP contribution is 2.32. The lowest BCUT2D eigenvalue weighted by Crippen LogP contribution is -2.38. The summed E-state index contributed by atoms with van der Waals surface area (Å²) < 4.78 is 11.2. The summed E-state index contributed by atoms with van der Waals surface area (Å²) in [7, 11) is 2.20. The molecule has 116 valence electrons. The van der Waals surface area contributed by atoms with Crippen LogP contribution in [0.3, 0.4) is 0 Å². The average molecular weight is 290 g/mol. The van der Waals surface area contributed by atoms with Gasteiger partial charge in [0.2, 0.25) is 0 Å². The highest BCUT2D eigenvalue weighted by Gasteiger charge is 2.21. The number of ether oxygens (including phenoxy) is 2. The number of benzene rings is 1. The van der Waals surface area contributed by atoms with Crippen LogP contribution in [-0.2, 0) is 0 Å². The zero-order chi connectivity index (χ0) is 14.7. The number of hydrogen-bond acceptors (Lipinski definition) is 4. The van der Waals surface area contributed by atoms with E-state index in [0.29, 0.717) is 19.3 Å². The van der Waals surface area contributed by atoms with Gasteiger partial charge in [-0.25, -0.2) is 0 Å². The molecule has 1 aromatic carbocycles. The molecule has 1 unspecified atom stereocenters. The number of fused-ring (bicyclic) bond motifs is 1. The van der Waals surface area contributed by atoms with Crippen LogP contribution in [0.25, 0.3) is 0 Å². The molecule has 1 heterocycles. The van der Waals surface area contributed by atoms with Crippen molar-refractivity contribution in [2.75, 3.05) is 26.8 Å². The predicted molar refractivity (Wildman–Crippen MR) is 83.9 cm³/mol. The Bertz CT molecular complexity index is 472. The molecule has 1 fully saturated rings. The molecule has 1 atom stereocenters. The second-order valence-electron chi connectivity index (χ2n) is 6.24. The van der Waals surface area contributed by atoms with Crippen LogP contribution >= 0.6 is 0 Å². The first-order valence-electron chi connectivity index (χ1n) is 8.09. The minimum Gasteiger partial charge on any atom is -0.486 e. The maximum Gasteiger partial charge on any atom is 0.161 e. The van der Waals surface area contributed by atoms with E-state index in [0.717, 1.165) is 23.6 Å². The summed E-state index contributed by atoms with van der Waals surface area (Å²) in [5, 5.41) is 0. The summed E-state index contributed by atoms with van der Waals surface area (Å²) in [6.45, 7) is 2.14. The van der Waals surface area contributed by atoms with E-state index in [-0.39, 0.29) is 6.04 Å². The van der Waals surface area contributed by atoms with Crippen LogP contribution < -0.4 is 15.2 Å². The fourth-order valence-electron chi connectivity index (χ4n) is 3.38. The lowest BCUT2D eigenvalue weighted by molar-refractivity contribution is 0.170. The molecule has 0 aromatic heterocycles. The van der Waals surface area contributed by atoms with Gasteiger partial charge in [0.15, 0.2) is 11.5 Å². The van der Waals surface area contributed by atoms with Crippen molar-refractivity contribution in [1.82, 2.24) is 4.90 Å². The summed E-state index contributed by atoms with van der Waals surface area (Å²) in [4.78, 5) is 2.43. The van der Waals surface area contributed by atoms with Crippen LogP contribution in [0.4, 0.5) is 0 Å². The van der Waals surface area contributed by atoms with Gasteiger partial charge in [0.1, 0.15) is 13.2 Å². The Morgan fingerprint density at radius 3 is 2.62 bits per heavy atom. The minimum absolute atomic E-state index is 0.0211. The van der Waals surface area contributed by atoms with Crippen LogP contribution in [0, 0.1) is 0 Å². The molecular formula is C17H26N2O2. The van der Waals surface area contributed by atoms with Crippen LogP contribution in [-0.4, -0.2) is 37.7 Å². The van der Waals surface area contributed by atoms with E-state index in [9.17, 15) is 0 Å². The van der Waals surface area contributed by atoms with Crippen molar-refractivity contribution >= 4 is 0 Å². The van der Waals surface area contributed by atoms with Crippen molar-refractivity contribution < 1.29 is 9.47 Å².